The summed E-state index contributed by atoms with van der Waals surface area (Å²) in [7, 11) is 1.54. The van der Waals surface area contributed by atoms with Crippen molar-refractivity contribution in [3.63, 3.8) is 0 Å². The fourth-order valence-corrected chi connectivity index (χ4v) is 3.40. The normalized spacial score (nSPS) is 10.7. The van der Waals surface area contributed by atoms with Gasteiger partial charge >= 0.3 is 0 Å². The molecule has 6 nitrogen and oxygen atoms in total. The number of imidazole rings is 1. The van der Waals surface area contributed by atoms with Crippen LogP contribution in [0.5, 0.6) is 5.75 Å². The van der Waals surface area contributed by atoms with Crippen molar-refractivity contribution in [1.82, 2.24) is 9.38 Å². The number of aromatic nitrogens is 2. The van der Waals surface area contributed by atoms with E-state index >= 15 is 0 Å². The molecular formula is C24H21N3O3. The second kappa shape index (κ2) is 8.21. The predicted octanol–water partition coefficient (Wildman–Crippen LogP) is 4.39. The van der Waals surface area contributed by atoms with E-state index in [1.807, 2.05) is 59.1 Å². The molecule has 4 aromatic rings. The molecule has 0 saturated heterocycles. The Morgan fingerprint density at radius 1 is 1.03 bits per heavy atom. The van der Waals surface area contributed by atoms with Crippen LogP contribution in [0, 0.1) is 0 Å². The summed E-state index contributed by atoms with van der Waals surface area (Å²) < 4.78 is 7.22. The summed E-state index contributed by atoms with van der Waals surface area (Å²) >= 11 is 0. The number of benzene rings is 2. The highest BCUT2D eigenvalue weighted by molar-refractivity contribution is 5.97. The lowest BCUT2D eigenvalue weighted by Crippen LogP contribution is -2.17. The molecule has 0 bridgehead atoms. The van der Waals surface area contributed by atoms with Gasteiger partial charge in [-0.3, -0.25) is 14.0 Å². The van der Waals surface area contributed by atoms with Gasteiger partial charge in [0.2, 0.25) is 5.91 Å². The molecule has 2 aromatic carbocycles. The summed E-state index contributed by atoms with van der Waals surface area (Å²) in [5, 5.41) is 3.00. The number of amides is 1. The minimum absolute atomic E-state index is 0.0625. The molecule has 2 aromatic heterocycles. The number of fused-ring (bicyclic) bond motifs is 1. The van der Waals surface area contributed by atoms with Crippen molar-refractivity contribution in [1.29, 1.82) is 0 Å². The molecule has 1 N–H and O–H groups in total. The molecule has 0 radical (unpaired) electrons. The fraction of sp³-hybridized carbons (Fsp3) is 0.125. The molecule has 0 aliphatic heterocycles. The van der Waals surface area contributed by atoms with E-state index in [2.05, 4.69) is 5.32 Å². The zero-order valence-corrected chi connectivity index (χ0v) is 16.8. The van der Waals surface area contributed by atoms with Crippen LogP contribution in [-0.4, -0.2) is 28.2 Å². The Hall–Kier alpha value is -3.93. The van der Waals surface area contributed by atoms with Crippen LogP contribution in [0.4, 0.5) is 5.82 Å². The molecule has 0 aliphatic carbocycles. The molecule has 0 saturated carbocycles. The van der Waals surface area contributed by atoms with Crippen LogP contribution >= 0.6 is 0 Å². The Bertz CT molecular complexity index is 1230. The molecule has 0 aliphatic rings. The smallest absolute Gasteiger partial charge is 0.230 e. The molecule has 6 heteroatoms. The van der Waals surface area contributed by atoms with Gasteiger partial charge in [0.05, 0.1) is 13.5 Å². The number of ether oxygens (including phenoxy) is 1. The monoisotopic (exact) mass is 399 g/mol. The van der Waals surface area contributed by atoms with Gasteiger partial charge in [0.15, 0.2) is 5.78 Å². The Balaban J connectivity index is 1.69. The van der Waals surface area contributed by atoms with E-state index in [0.717, 1.165) is 11.2 Å². The van der Waals surface area contributed by atoms with Gasteiger partial charge in [-0.2, -0.15) is 0 Å². The Labute approximate surface area is 174 Å². The molecule has 0 spiro atoms. The third kappa shape index (κ3) is 3.80. The van der Waals surface area contributed by atoms with Crippen molar-refractivity contribution in [3.8, 4) is 17.0 Å². The molecular weight excluding hydrogens is 378 g/mol. The first-order valence-electron chi connectivity index (χ1n) is 9.57. The molecule has 4 rings (SSSR count). The van der Waals surface area contributed by atoms with Crippen LogP contribution < -0.4 is 10.1 Å². The standard InChI is InChI=1S/C24H21N3O3/c1-16(28)18-11-12-20(30-2)19(14-18)15-22(29)26-24-23(17-8-4-3-5-9-17)25-21-10-6-7-13-27(21)24/h3-14H,15H2,1-2H3,(H,26,29). The Kier molecular flexibility index (Phi) is 5.30. The maximum Gasteiger partial charge on any atom is 0.230 e. The quantitative estimate of drug-likeness (QED) is 0.488. The topological polar surface area (TPSA) is 72.7 Å². The summed E-state index contributed by atoms with van der Waals surface area (Å²) in [6.45, 7) is 1.50. The van der Waals surface area contributed by atoms with Gasteiger partial charge in [-0.15, -0.1) is 0 Å². The second-order valence-corrected chi connectivity index (χ2v) is 6.91. The molecule has 0 atom stereocenters. The molecule has 0 unspecified atom stereocenters. The minimum Gasteiger partial charge on any atom is -0.496 e. The highest BCUT2D eigenvalue weighted by Crippen LogP contribution is 2.29. The largest absolute Gasteiger partial charge is 0.496 e. The van der Waals surface area contributed by atoms with Crippen LogP contribution in [0.15, 0.2) is 72.9 Å². The minimum atomic E-state index is -0.225. The number of carbonyl (C=O) groups is 2. The molecule has 30 heavy (non-hydrogen) atoms. The van der Waals surface area contributed by atoms with Gasteiger partial charge in [-0.05, 0) is 37.3 Å². The average molecular weight is 399 g/mol. The van der Waals surface area contributed by atoms with Crippen LogP contribution in [0.3, 0.4) is 0 Å². The number of ketones is 1. The highest BCUT2D eigenvalue weighted by atomic mass is 16.5. The van der Waals surface area contributed by atoms with E-state index in [1.165, 1.54) is 6.92 Å². The number of Topliss-reactive ketones (excluding diaryl/α,β-unsaturated/α-hetero) is 1. The van der Waals surface area contributed by atoms with Crippen LogP contribution in [0.2, 0.25) is 0 Å². The van der Waals surface area contributed by atoms with Gasteiger partial charge < -0.3 is 10.1 Å². The number of nitrogens with zero attached hydrogens (tertiary/aromatic N) is 2. The lowest BCUT2D eigenvalue weighted by Gasteiger charge is -2.11. The molecule has 150 valence electrons. The van der Waals surface area contributed by atoms with Gasteiger partial charge in [0, 0.05) is 22.9 Å². The SMILES string of the molecule is COc1ccc(C(C)=O)cc1CC(=O)Nc1c(-c2ccccc2)nc2ccccn12. The molecule has 2 heterocycles. The van der Waals surface area contributed by atoms with Crippen molar-refractivity contribution >= 4 is 23.2 Å². The number of methoxy groups -OCH3 is 1. The maximum atomic E-state index is 13.0. The Morgan fingerprint density at radius 3 is 2.53 bits per heavy atom. The highest BCUT2D eigenvalue weighted by Gasteiger charge is 2.18. The lowest BCUT2D eigenvalue weighted by molar-refractivity contribution is -0.115. The Morgan fingerprint density at radius 2 is 1.80 bits per heavy atom. The summed E-state index contributed by atoms with van der Waals surface area (Å²) in [6, 6.07) is 20.5. The van der Waals surface area contributed by atoms with Crippen molar-refractivity contribution < 1.29 is 14.3 Å². The predicted molar refractivity (Wildman–Crippen MR) is 116 cm³/mol. The lowest BCUT2D eigenvalue weighted by atomic mass is 10.0. The number of hydrogen-bond acceptors (Lipinski definition) is 4. The van der Waals surface area contributed by atoms with Crippen molar-refractivity contribution in [2.45, 2.75) is 13.3 Å². The number of carbonyl (C=O) groups excluding carboxylic acids is 2. The van der Waals surface area contributed by atoms with Gasteiger partial charge in [0.1, 0.15) is 22.9 Å². The van der Waals surface area contributed by atoms with E-state index < -0.39 is 0 Å². The van der Waals surface area contributed by atoms with E-state index in [9.17, 15) is 9.59 Å². The third-order valence-corrected chi connectivity index (χ3v) is 4.87. The van der Waals surface area contributed by atoms with E-state index in [4.69, 9.17) is 9.72 Å². The first-order chi connectivity index (χ1) is 14.6. The number of anilines is 1. The number of rotatable bonds is 6. The number of pyridine rings is 1. The van der Waals surface area contributed by atoms with E-state index in [0.29, 0.717) is 28.4 Å². The van der Waals surface area contributed by atoms with E-state index in [-0.39, 0.29) is 18.1 Å². The maximum absolute atomic E-state index is 13.0. The third-order valence-electron chi connectivity index (χ3n) is 4.87. The van der Waals surface area contributed by atoms with Crippen LogP contribution in [0.25, 0.3) is 16.9 Å². The zero-order valence-electron chi connectivity index (χ0n) is 16.8. The van der Waals surface area contributed by atoms with Gasteiger partial charge in [-0.1, -0.05) is 36.4 Å². The van der Waals surface area contributed by atoms with Gasteiger partial charge in [0.25, 0.3) is 0 Å². The number of nitrogens with one attached hydrogen (secondary N) is 1. The first-order valence-corrected chi connectivity index (χ1v) is 9.57. The number of hydrogen-bond donors (Lipinski definition) is 1. The zero-order chi connectivity index (χ0) is 21.1. The van der Waals surface area contributed by atoms with Gasteiger partial charge in [-0.25, -0.2) is 4.98 Å². The average Bonchev–Trinajstić information content (AvgIpc) is 3.12. The van der Waals surface area contributed by atoms with Crippen molar-refractivity contribution in [3.05, 3.63) is 84.1 Å². The van der Waals surface area contributed by atoms with Crippen LogP contribution in [0.1, 0.15) is 22.8 Å². The van der Waals surface area contributed by atoms with E-state index in [1.54, 1.807) is 25.3 Å². The summed E-state index contributed by atoms with van der Waals surface area (Å²) in [5.41, 5.74) is 3.53. The second-order valence-electron chi connectivity index (χ2n) is 6.91. The van der Waals surface area contributed by atoms with Crippen molar-refractivity contribution in [2.75, 3.05) is 12.4 Å². The molecule has 1 amide bonds. The summed E-state index contributed by atoms with van der Waals surface area (Å²) in [6.07, 6.45) is 1.93. The summed E-state index contributed by atoms with van der Waals surface area (Å²) in [4.78, 5) is 29.4. The van der Waals surface area contributed by atoms with Crippen molar-refractivity contribution in [2.24, 2.45) is 0 Å². The summed E-state index contributed by atoms with van der Waals surface area (Å²) in [5.74, 6) is 0.879. The first kappa shape index (κ1) is 19.4. The fourth-order valence-electron chi connectivity index (χ4n) is 3.40. The molecule has 0 fully saturated rings. The van der Waals surface area contributed by atoms with Crippen LogP contribution in [-0.2, 0) is 11.2 Å².